The predicted molar refractivity (Wildman–Crippen MR) is 91.5 cm³/mol. The first-order valence-corrected chi connectivity index (χ1v) is 8.07. The Labute approximate surface area is 148 Å². The number of carbonyl (C=O) groups excluding carboxylic acids is 1. The van der Waals surface area contributed by atoms with E-state index in [1.54, 1.807) is 0 Å². The molecule has 7 heteroatoms. The first-order valence-electron chi connectivity index (χ1n) is 8.07. The molecule has 0 radical (unpaired) electrons. The summed E-state index contributed by atoms with van der Waals surface area (Å²) in [5.41, 5.74) is 1.72. The number of aliphatic hydroxyl groups is 3. The van der Waals surface area contributed by atoms with Gasteiger partial charge in [-0.3, -0.25) is 4.79 Å². The molecule has 0 saturated carbocycles. The third kappa shape index (κ3) is 6.72. The minimum Gasteiger partial charge on any atom is -0.463 e. The summed E-state index contributed by atoms with van der Waals surface area (Å²) in [6, 6.07) is 0. The van der Waals surface area contributed by atoms with Crippen LogP contribution in [0, 0.1) is 5.92 Å². The van der Waals surface area contributed by atoms with Gasteiger partial charge in [0.15, 0.2) is 6.29 Å². The van der Waals surface area contributed by atoms with Crippen molar-refractivity contribution in [3.05, 3.63) is 36.5 Å². The number of carbonyl (C=O) groups is 1. The average Bonchev–Trinajstić information content (AvgIpc) is 2.52. The van der Waals surface area contributed by atoms with Gasteiger partial charge in [-0.05, 0) is 13.8 Å². The molecule has 1 aliphatic heterocycles. The van der Waals surface area contributed by atoms with E-state index in [-0.39, 0.29) is 19.1 Å². The maximum absolute atomic E-state index is 10.9. The minimum absolute atomic E-state index is 0.136. The summed E-state index contributed by atoms with van der Waals surface area (Å²) in [7, 11) is 0. The van der Waals surface area contributed by atoms with E-state index >= 15 is 0 Å². The predicted octanol–water partition coefficient (Wildman–Crippen LogP) is 0.698. The first-order chi connectivity index (χ1) is 11.6. The molecule has 0 aliphatic carbocycles. The Hall–Kier alpha value is -1.51. The van der Waals surface area contributed by atoms with Crippen molar-refractivity contribution in [1.82, 2.24) is 0 Å². The van der Waals surface area contributed by atoms with Crippen molar-refractivity contribution in [3.8, 4) is 0 Å². The lowest BCUT2D eigenvalue weighted by Crippen LogP contribution is -2.59. The van der Waals surface area contributed by atoms with E-state index in [0.717, 1.165) is 11.1 Å². The van der Waals surface area contributed by atoms with Gasteiger partial charge in [-0.15, -0.1) is 0 Å². The van der Waals surface area contributed by atoms with Gasteiger partial charge >= 0.3 is 5.97 Å². The lowest BCUT2D eigenvalue weighted by atomic mass is 9.99. The molecule has 0 aromatic rings. The van der Waals surface area contributed by atoms with Crippen molar-refractivity contribution < 1.29 is 34.3 Å². The lowest BCUT2D eigenvalue weighted by molar-refractivity contribution is -0.302. The molecule has 25 heavy (non-hydrogen) atoms. The molecule has 0 spiro atoms. The van der Waals surface area contributed by atoms with Gasteiger partial charge in [0.25, 0.3) is 0 Å². The highest BCUT2D eigenvalue weighted by Gasteiger charge is 2.44. The molecule has 0 amide bonds. The number of aliphatic hydroxyl groups excluding tert-OH is 3. The monoisotopic (exact) mass is 356 g/mol. The van der Waals surface area contributed by atoms with Crippen molar-refractivity contribution in [2.75, 3.05) is 13.2 Å². The Bertz CT molecular complexity index is 514. The van der Waals surface area contributed by atoms with E-state index < -0.39 is 36.7 Å². The maximum atomic E-state index is 10.9. The maximum Gasteiger partial charge on any atom is 0.302 e. The van der Waals surface area contributed by atoms with Crippen LogP contribution in [0.2, 0.25) is 0 Å². The molecule has 6 atom stereocenters. The normalized spacial score (nSPS) is 30.9. The number of hydrogen-bond acceptors (Lipinski definition) is 7. The standard InChI is InChI=1S/C18H28O7/c1-10(2)6-7-13(11(3)4)8-24-18-17(22)16(21)15(20)14(25-18)9-23-12(5)19/h6-7,13-18,20-22H,1,3,8-9H2,2,4-5H3/b7-6+/t13-,14+,15+,16-,17+,18+/m0/s1. The van der Waals surface area contributed by atoms with Gasteiger partial charge in [0.05, 0.1) is 6.61 Å². The molecular weight excluding hydrogens is 328 g/mol. The lowest BCUT2D eigenvalue weighted by Gasteiger charge is -2.40. The SMILES string of the molecule is C=C(C)/C=C/[C@@H](CO[C@@H]1O[C@H](COC(C)=O)[C@@H](O)[C@H](O)[C@H]1O)C(=C)C. The third-order valence-electron chi connectivity index (χ3n) is 3.81. The van der Waals surface area contributed by atoms with Crippen LogP contribution in [-0.4, -0.2) is 65.2 Å². The van der Waals surface area contributed by atoms with Gasteiger partial charge in [0, 0.05) is 12.8 Å². The van der Waals surface area contributed by atoms with Gasteiger partial charge in [0.2, 0.25) is 0 Å². The molecule has 0 aromatic carbocycles. The van der Waals surface area contributed by atoms with Crippen molar-refractivity contribution in [2.24, 2.45) is 5.92 Å². The van der Waals surface area contributed by atoms with E-state index in [9.17, 15) is 20.1 Å². The largest absolute Gasteiger partial charge is 0.463 e. The summed E-state index contributed by atoms with van der Waals surface area (Å²) < 4.78 is 15.8. The zero-order valence-electron chi connectivity index (χ0n) is 14.9. The number of allylic oxidation sites excluding steroid dienone is 2. The Morgan fingerprint density at radius 1 is 1.16 bits per heavy atom. The second kappa shape index (κ2) is 9.84. The second-order valence-corrected chi connectivity index (χ2v) is 6.31. The van der Waals surface area contributed by atoms with Crippen LogP contribution in [0.5, 0.6) is 0 Å². The first kappa shape index (κ1) is 21.5. The van der Waals surface area contributed by atoms with Gasteiger partial charge in [-0.2, -0.15) is 0 Å². The van der Waals surface area contributed by atoms with E-state index in [2.05, 4.69) is 13.2 Å². The molecule has 7 nitrogen and oxygen atoms in total. The van der Waals surface area contributed by atoms with Crippen LogP contribution >= 0.6 is 0 Å². The minimum atomic E-state index is -1.48. The Balaban J connectivity index is 2.72. The summed E-state index contributed by atoms with van der Waals surface area (Å²) in [6.45, 7) is 12.5. The summed E-state index contributed by atoms with van der Waals surface area (Å²) in [5, 5.41) is 29.9. The molecule has 1 saturated heterocycles. The van der Waals surface area contributed by atoms with E-state index in [4.69, 9.17) is 14.2 Å². The van der Waals surface area contributed by atoms with Gasteiger partial charge in [-0.1, -0.05) is 36.5 Å². The second-order valence-electron chi connectivity index (χ2n) is 6.31. The Morgan fingerprint density at radius 3 is 2.32 bits per heavy atom. The highest BCUT2D eigenvalue weighted by atomic mass is 16.7. The van der Waals surface area contributed by atoms with E-state index in [0.29, 0.717) is 0 Å². The smallest absolute Gasteiger partial charge is 0.302 e. The summed E-state index contributed by atoms with van der Waals surface area (Å²) in [4.78, 5) is 10.9. The van der Waals surface area contributed by atoms with Crippen LogP contribution in [-0.2, 0) is 19.0 Å². The molecule has 0 aromatic heterocycles. The average molecular weight is 356 g/mol. The third-order valence-corrected chi connectivity index (χ3v) is 3.81. The molecule has 0 unspecified atom stereocenters. The zero-order chi connectivity index (χ0) is 19.1. The number of esters is 1. The summed E-state index contributed by atoms with van der Waals surface area (Å²) in [5.74, 6) is -0.676. The molecule has 1 rings (SSSR count). The molecule has 3 N–H and O–H groups in total. The summed E-state index contributed by atoms with van der Waals surface area (Å²) in [6.07, 6.45) is -2.76. The molecule has 1 aliphatic rings. The van der Waals surface area contributed by atoms with Crippen molar-refractivity contribution >= 4 is 5.97 Å². The van der Waals surface area contributed by atoms with Gasteiger partial charge in [0.1, 0.15) is 31.0 Å². The molecule has 0 bridgehead atoms. The Morgan fingerprint density at radius 2 is 1.80 bits per heavy atom. The number of ether oxygens (including phenoxy) is 3. The molecule has 1 fully saturated rings. The molecule has 142 valence electrons. The van der Waals surface area contributed by atoms with Crippen LogP contribution in [0.1, 0.15) is 20.8 Å². The van der Waals surface area contributed by atoms with Gasteiger partial charge < -0.3 is 29.5 Å². The zero-order valence-corrected chi connectivity index (χ0v) is 14.9. The Kier molecular flexibility index (Phi) is 8.47. The highest BCUT2D eigenvalue weighted by Crippen LogP contribution is 2.24. The van der Waals surface area contributed by atoms with Crippen molar-refractivity contribution in [1.29, 1.82) is 0 Å². The van der Waals surface area contributed by atoms with E-state index in [1.165, 1.54) is 6.92 Å². The fourth-order valence-corrected chi connectivity index (χ4v) is 2.23. The topological polar surface area (TPSA) is 105 Å². The van der Waals surface area contributed by atoms with Crippen LogP contribution in [0.3, 0.4) is 0 Å². The van der Waals surface area contributed by atoms with Gasteiger partial charge in [-0.25, -0.2) is 0 Å². The fraction of sp³-hybridized carbons (Fsp3) is 0.611. The molecule has 1 heterocycles. The van der Waals surface area contributed by atoms with Crippen molar-refractivity contribution in [2.45, 2.75) is 51.5 Å². The van der Waals surface area contributed by atoms with E-state index in [1.807, 2.05) is 26.0 Å². The highest BCUT2D eigenvalue weighted by molar-refractivity contribution is 5.65. The van der Waals surface area contributed by atoms with Crippen LogP contribution in [0.15, 0.2) is 36.5 Å². The van der Waals surface area contributed by atoms with Crippen LogP contribution in [0.25, 0.3) is 0 Å². The number of rotatable bonds is 8. The molecular formula is C18H28O7. The fourth-order valence-electron chi connectivity index (χ4n) is 2.23. The summed E-state index contributed by atoms with van der Waals surface area (Å²) >= 11 is 0. The van der Waals surface area contributed by atoms with Crippen molar-refractivity contribution in [3.63, 3.8) is 0 Å². The van der Waals surface area contributed by atoms with Crippen LogP contribution < -0.4 is 0 Å². The number of hydrogen-bond donors (Lipinski definition) is 3. The quantitative estimate of drug-likeness (QED) is 0.334. The van der Waals surface area contributed by atoms with Crippen LogP contribution in [0.4, 0.5) is 0 Å².